The summed E-state index contributed by atoms with van der Waals surface area (Å²) in [5.41, 5.74) is 11.0. The summed E-state index contributed by atoms with van der Waals surface area (Å²) in [6, 6.07) is 37.2. The van der Waals surface area contributed by atoms with E-state index in [1.807, 2.05) is 6.07 Å². The number of rotatable bonds is 10. The Labute approximate surface area is 251 Å². The molecule has 5 aromatic carbocycles. The molecular weight excluding hydrogens is 510 g/mol. The van der Waals surface area contributed by atoms with Crippen LogP contribution in [0.3, 0.4) is 0 Å². The van der Waals surface area contributed by atoms with Gasteiger partial charge in [-0.25, -0.2) is 0 Å². The van der Waals surface area contributed by atoms with Crippen LogP contribution in [-0.4, -0.2) is 5.11 Å². The molecule has 2 heteroatoms. The molecule has 0 spiro atoms. The Kier molecular flexibility index (Phi) is 9.09. The molecule has 0 heterocycles. The van der Waals surface area contributed by atoms with E-state index in [-0.39, 0.29) is 0 Å². The Morgan fingerprint density at radius 3 is 2.05 bits per heavy atom. The molecule has 1 N–H and O–H groups in total. The number of phenolic OH excluding ortho intramolecular Hbond substituents is 1. The predicted molar refractivity (Wildman–Crippen MR) is 177 cm³/mol. The number of hydrogen-bond donors (Lipinski definition) is 1. The summed E-state index contributed by atoms with van der Waals surface area (Å²) >= 11 is 0. The van der Waals surface area contributed by atoms with Gasteiger partial charge in [-0.15, -0.1) is 0 Å². The van der Waals surface area contributed by atoms with Gasteiger partial charge in [-0.1, -0.05) is 113 Å². The molecule has 0 aliphatic heterocycles. The highest BCUT2D eigenvalue weighted by Gasteiger charge is 2.15. The zero-order chi connectivity index (χ0) is 29.6. The summed E-state index contributed by atoms with van der Waals surface area (Å²) in [6.07, 6.45) is 3.97. The minimum Gasteiger partial charge on any atom is -0.508 e. The topological polar surface area (TPSA) is 44.0 Å². The molecule has 5 rings (SSSR count). The Balaban J connectivity index is 1.66. The minimum absolute atomic E-state index is 0.370. The number of hydrogen-bond acceptors (Lipinski definition) is 2. The van der Waals surface area contributed by atoms with Gasteiger partial charge in [0, 0.05) is 6.42 Å². The van der Waals surface area contributed by atoms with Crippen molar-refractivity contribution in [1.82, 2.24) is 0 Å². The highest BCUT2D eigenvalue weighted by Crippen LogP contribution is 2.36. The second-order valence-corrected chi connectivity index (χ2v) is 12.4. The number of benzene rings is 5. The highest BCUT2D eigenvalue weighted by molar-refractivity contribution is 5.86. The molecule has 212 valence electrons. The van der Waals surface area contributed by atoms with Gasteiger partial charge in [-0.2, -0.15) is 5.26 Å². The largest absolute Gasteiger partial charge is 0.508 e. The van der Waals surface area contributed by atoms with E-state index in [4.69, 9.17) is 5.26 Å². The average Bonchev–Trinajstić information content (AvgIpc) is 2.97. The lowest BCUT2D eigenvalue weighted by molar-refractivity contribution is 0.462. The molecule has 0 aliphatic rings. The third kappa shape index (κ3) is 6.75. The fourth-order valence-electron chi connectivity index (χ4n) is 6.09. The van der Waals surface area contributed by atoms with Crippen molar-refractivity contribution in [3.8, 4) is 34.1 Å². The van der Waals surface area contributed by atoms with E-state index in [0.717, 1.165) is 36.8 Å². The molecule has 0 unspecified atom stereocenters. The molecule has 0 bridgehead atoms. The van der Waals surface area contributed by atoms with Crippen LogP contribution in [0.4, 0.5) is 0 Å². The second-order valence-electron chi connectivity index (χ2n) is 12.4. The summed E-state index contributed by atoms with van der Waals surface area (Å²) < 4.78 is 0. The summed E-state index contributed by atoms with van der Waals surface area (Å²) in [5, 5.41) is 22.3. The second kappa shape index (κ2) is 13.1. The van der Waals surface area contributed by atoms with Crippen molar-refractivity contribution in [3.05, 3.63) is 125 Å². The number of nitrogens with zero attached hydrogens (tertiary/aromatic N) is 1. The van der Waals surface area contributed by atoms with Crippen molar-refractivity contribution in [1.29, 1.82) is 5.26 Å². The van der Waals surface area contributed by atoms with E-state index < -0.39 is 0 Å². The smallest absolute Gasteiger partial charge is 0.118 e. The Bertz CT molecular complexity index is 1730. The first kappa shape index (κ1) is 29.2. The van der Waals surface area contributed by atoms with Crippen molar-refractivity contribution in [2.24, 2.45) is 11.8 Å². The molecule has 42 heavy (non-hydrogen) atoms. The van der Waals surface area contributed by atoms with Crippen LogP contribution in [0.25, 0.3) is 33.0 Å². The monoisotopic (exact) mass is 551 g/mol. The standard InChI is InChI=1S/C40H41NO/c1-27(2)21-34-23-29(9-8-20-41)14-17-38(34)32-15-18-39(33-16-19-40(42)36(26-33)22-28(3)4)35(25-32)24-31-12-7-11-30-10-5-6-13-37(30)31/h5-7,10-19,23,25-28,42H,8-9,21-22,24H2,1-4H3. The molecule has 0 aliphatic carbocycles. The van der Waals surface area contributed by atoms with E-state index in [9.17, 15) is 5.11 Å². The molecule has 0 saturated heterocycles. The molecule has 5 aromatic rings. The van der Waals surface area contributed by atoms with E-state index in [1.165, 1.54) is 49.7 Å². The summed E-state index contributed by atoms with van der Waals surface area (Å²) in [4.78, 5) is 0. The van der Waals surface area contributed by atoms with Crippen molar-refractivity contribution >= 4 is 10.8 Å². The Hall–Kier alpha value is -4.35. The lowest BCUT2D eigenvalue weighted by Gasteiger charge is -2.18. The molecule has 0 atom stereocenters. The van der Waals surface area contributed by atoms with Crippen LogP contribution >= 0.6 is 0 Å². The third-order valence-electron chi connectivity index (χ3n) is 8.02. The molecular formula is C40H41NO. The third-order valence-corrected chi connectivity index (χ3v) is 8.02. The van der Waals surface area contributed by atoms with Gasteiger partial charge in [0.05, 0.1) is 6.07 Å². The fourth-order valence-corrected chi connectivity index (χ4v) is 6.09. The van der Waals surface area contributed by atoms with Gasteiger partial charge in [0.15, 0.2) is 0 Å². The van der Waals surface area contributed by atoms with Gasteiger partial charge >= 0.3 is 0 Å². The molecule has 0 saturated carbocycles. The molecule has 0 amide bonds. The summed E-state index contributed by atoms with van der Waals surface area (Å²) in [6.45, 7) is 8.90. The summed E-state index contributed by atoms with van der Waals surface area (Å²) in [7, 11) is 0. The number of aromatic hydroxyl groups is 1. The van der Waals surface area contributed by atoms with E-state index in [2.05, 4.69) is 125 Å². The van der Waals surface area contributed by atoms with Crippen LogP contribution < -0.4 is 0 Å². The first-order chi connectivity index (χ1) is 20.3. The number of aryl methyl sites for hydroxylation is 1. The average molecular weight is 552 g/mol. The van der Waals surface area contributed by atoms with E-state index in [1.54, 1.807) is 0 Å². The molecule has 2 nitrogen and oxygen atoms in total. The van der Waals surface area contributed by atoms with Crippen molar-refractivity contribution in [2.75, 3.05) is 0 Å². The van der Waals surface area contributed by atoms with Crippen LogP contribution in [0.2, 0.25) is 0 Å². The number of fused-ring (bicyclic) bond motifs is 1. The van der Waals surface area contributed by atoms with Crippen LogP contribution in [0.5, 0.6) is 5.75 Å². The predicted octanol–water partition coefficient (Wildman–Crippen LogP) is 10.3. The van der Waals surface area contributed by atoms with Crippen molar-refractivity contribution in [3.63, 3.8) is 0 Å². The van der Waals surface area contributed by atoms with Crippen LogP contribution in [0, 0.1) is 23.2 Å². The Morgan fingerprint density at radius 2 is 1.29 bits per heavy atom. The zero-order valence-corrected chi connectivity index (χ0v) is 25.3. The number of phenols is 1. The first-order valence-electron chi connectivity index (χ1n) is 15.2. The molecule has 0 fully saturated rings. The fraction of sp³-hybridized carbons (Fsp3) is 0.275. The van der Waals surface area contributed by atoms with Gasteiger partial charge in [0.25, 0.3) is 0 Å². The highest BCUT2D eigenvalue weighted by atomic mass is 16.3. The van der Waals surface area contributed by atoms with Crippen molar-refractivity contribution in [2.45, 2.75) is 59.8 Å². The maximum atomic E-state index is 10.6. The lowest BCUT2D eigenvalue weighted by Crippen LogP contribution is -2.01. The normalized spacial score (nSPS) is 11.4. The van der Waals surface area contributed by atoms with E-state index >= 15 is 0 Å². The van der Waals surface area contributed by atoms with Crippen LogP contribution in [0.1, 0.15) is 61.9 Å². The van der Waals surface area contributed by atoms with E-state index in [0.29, 0.717) is 24.0 Å². The Morgan fingerprint density at radius 1 is 0.643 bits per heavy atom. The molecule has 0 aromatic heterocycles. The first-order valence-corrected chi connectivity index (χ1v) is 15.2. The van der Waals surface area contributed by atoms with Gasteiger partial charge < -0.3 is 5.11 Å². The number of nitriles is 1. The van der Waals surface area contributed by atoms with Crippen molar-refractivity contribution < 1.29 is 5.11 Å². The van der Waals surface area contributed by atoms with Gasteiger partial charge in [0.1, 0.15) is 5.75 Å². The van der Waals surface area contributed by atoms with Gasteiger partial charge in [-0.3, -0.25) is 0 Å². The summed E-state index contributed by atoms with van der Waals surface area (Å²) in [5.74, 6) is 1.36. The maximum absolute atomic E-state index is 10.6. The quantitative estimate of drug-likeness (QED) is 0.188. The maximum Gasteiger partial charge on any atom is 0.118 e. The minimum atomic E-state index is 0.370. The lowest BCUT2D eigenvalue weighted by atomic mass is 9.86. The van der Waals surface area contributed by atoms with Gasteiger partial charge in [0.2, 0.25) is 0 Å². The van der Waals surface area contributed by atoms with Crippen LogP contribution in [0.15, 0.2) is 97.1 Å². The van der Waals surface area contributed by atoms with Crippen LogP contribution in [-0.2, 0) is 25.7 Å². The SMILES string of the molecule is CC(C)Cc1cc(-c2ccc(-c3ccc(CCC#N)cc3CC(C)C)cc2Cc2cccc3ccccc23)ccc1O. The van der Waals surface area contributed by atoms with Gasteiger partial charge in [-0.05, 0) is 110 Å². The zero-order valence-electron chi connectivity index (χ0n) is 25.3. The molecule has 0 radical (unpaired) electrons.